The Hall–Kier alpha value is -1.40. The molecule has 3 rings (SSSR count). The molecule has 6 heteroatoms. The second kappa shape index (κ2) is 5.77. The van der Waals surface area contributed by atoms with Crippen LogP contribution in [0.3, 0.4) is 0 Å². The molecule has 0 saturated carbocycles. The third-order valence-corrected chi connectivity index (χ3v) is 3.87. The lowest BCUT2D eigenvalue weighted by atomic mass is 10.0. The van der Waals surface area contributed by atoms with E-state index in [9.17, 15) is 5.11 Å². The van der Waals surface area contributed by atoms with Crippen molar-refractivity contribution in [2.75, 3.05) is 13.2 Å². The first-order valence-corrected chi connectivity index (χ1v) is 7.15. The van der Waals surface area contributed by atoms with Crippen LogP contribution < -0.4 is 0 Å². The molecule has 1 fully saturated rings. The normalized spacial score (nSPS) is 26.0. The maximum atomic E-state index is 9.62. The Balaban J connectivity index is 1.95. The summed E-state index contributed by atoms with van der Waals surface area (Å²) in [7, 11) is 1.93. The van der Waals surface area contributed by atoms with E-state index < -0.39 is 11.9 Å². The number of benzene rings is 1. The van der Waals surface area contributed by atoms with Crippen LogP contribution in [0.15, 0.2) is 36.7 Å². The van der Waals surface area contributed by atoms with Crippen molar-refractivity contribution in [1.29, 1.82) is 0 Å². The van der Waals surface area contributed by atoms with Crippen LogP contribution >= 0.6 is 11.6 Å². The Morgan fingerprint density at radius 3 is 2.57 bits per heavy atom. The van der Waals surface area contributed by atoms with Gasteiger partial charge in [0.2, 0.25) is 5.79 Å². The molecule has 1 aliphatic heterocycles. The molecule has 1 aromatic heterocycles. The van der Waals surface area contributed by atoms with Crippen molar-refractivity contribution in [3.63, 3.8) is 0 Å². The predicted octanol–water partition coefficient (Wildman–Crippen LogP) is 1.88. The number of aliphatic hydroxyl groups excluding tert-OH is 1. The topological polar surface area (TPSA) is 56.5 Å². The fraction of sp³-hybridized carbons (Fsp3) is 0.400. The van der Waals surface area contributed by atoms with Gasteiger partial charge in [0.15, 0.2) is 0 Å². The third kappa shape index (κ3) is 2.96. The van der Waals surface area contributed by atoms with Gasteiger partial charge >= 0.3 is 0 Å². The Labute approximate surface area is 128 Å². The van der Waals surface area contributed by atoms with Gasteiger partial charge in [-0.2, -0.15) is 0 Å². The second-order valence-corrected chi connectivity index (χ2v) is 5.60. The lowest BCUT2D eigenvalue weighted by molar-refractivity contribution is -0.301. The smallest absolute Gasteiger partial charge is 0.202 e. The van der Waals surface area contributed by atoms with Gasteiger partial charge in [-0.1, -0.05) is 23.7 Å². The van der Waals surface area contributed by atoms with Crippen LogP contribution in [0.4, 0.5) is 0 Å². The van der Waals surface area contributed by atoms with Gasteiger partial charge in [0.1, 0.15) is 11.9 Å². The molecule has 5 nitrogen and oxygen atoms in total. The molecule has 1 N–H and O–H groups in total. The number of halogens is 1. The Morgan fingerprint density at radius 1 is 1.33 bits per heavy atom. The molecule has 0 bridgehead atoms. The summed E-state index contributed by atoms with van der Waals surface area (Å²) in [5.74, 6) is -0.0931. The highest BCUT2D eigenvalue weighted by atomic mass is 35.5. The van der Waals surface area contributed by atoms with Crippen LogP contribution in [0.1, 0.15) is 11.4 Å². The summed E-state index contributed by atoms with van der Waals surface area (Å²) in [6, 6.07) is 7.36. The van der Waals surface area contributed by atoms with Gasteiger partial charge in [-0.15, -0.1) is 0 Å². The zero-order chi connectivity index (χ0) is 14.9. The van der Waals surface area contributed by atoms with Crippen molar-refractivity contribution >= 4 is 11.6 Å². The summed E-state index contributed by atoms with van der Waals surface area (Å²) in [4.78, 5) is 4.33. The monoisotopic (exact) mass is 308 g/mol. The summed E-state index contributed by atoms with van der Waals surface area (Å²) >= 11 is 5.95. The third-order valence-electron chi connectivity index (χ3n) is 3.61. The highest BCUT2D eigenvalue weighted by Gasteiger charge is 2.40. The summed E-state index contributed by atoms with van der Waals surface area (Å²) < 4.78 is 13.7. The van der Waals surface area contributed by atoms with Crippen molar-refractivity contribution in [1.82, 2.24) is 9.55 Å². The minimum atomic E-state index is -0.942. The number of nitrogens with zero attached hydrogens (tertiary/aromatic N) is 2. The van der Waals surface area contributed by atoms with Crippen molar-refractivity contribution in [3.05, 3.63) is 53.1 Å². The quantitative estimate of drug-likeness (QED) is 0.940. The van der Waals surface area contributed by atoms with Gasteiger partial charge in [-0.3, -0.25) is 0 Å². The van der Waals surface area contributed by atoms with Gasteiger partial charge in [-0.05, 0) is 12.1 Å². The molecular formula is C15H17ClN2O3. The molecular weight excluding hydrogens is 292 g/mol. The van der Waals surface area contributed by atoms with Crippen molar-refractivity contribution in [2.45, 2.75) is 18.3 Å². The maximum absolute atomic E-state index is 9.62. The summed E-state index contributed by atoms with van der Waals surface area (Å²) in [5.41, 5.74) is 0.863. The van der Waals surface area contributed by atoms with Crippen LogP contribution in [-0.2, 0) is 28.7 Å². The van der Waals surface area contributed by atoms with Crippen LogP contribution in [-0.4, -0.2) is 34.0 Å². The zero-order valence-corrected chi connectivity index (χ0v) is 12.5. The zero-order valence-electron chi connectivity index (χ0n) is 11.7. The maximum Gasteiger partial charge on any atom is 0.202 e. The SMILES string of the molecule is Cn1ccnc1CC1(c2ccc(Cl)cc2)OCC(O)CO1. The number of rotatable bonds is 3. The summed E-state index contributed by atoms with van der Waals surface area (Å²) in [6.45, 7) is 0.458. The average molecular weight is 309 g/mol. The molecule has 112 valence electrons. The highest BCUT2D eigenvalue weighted by Crippen LogP contribution is 2.34. The standard InChI is InChI=1S/C15H17ClN2O3/c1-18-7-6-17-14(18)8-15(20-9-13(19)10-21-15)11-2-4-12(16)5-3-11/h2-7,13,19H,8-10H2,1H3. The Morgan fingerprint density at radius 2 is 2.00 bits per heavy atom. The molecule has 0 amide bonds. The lowest BCUT2D eigenvalue weighted by Crippen LogP contribution is -2.46. The number of hydrogen-bond donors (Lipinski definition) is 1. The fourth-order valence-electron chi connectivity index (χ4n) is 2.40. The number of ether oxygens (including phenoxy) is 2. The number of aliphatic hydroxyl groups is 1. The lowest BCUT2D eigenvalue weighted by Gasteiger charge is -2.39. The summed E-state index contributed by atoms with van der Waals surface area (Å²) in [5, 5.41) is 10.3. The molecule has 1 aliphatic rings. The van der Waals surface area contributed by atoms with E-state index in [1.54, 1.807) is 18.3 Å². The number of imidazole rings is 1. The van der Waals surface area contributed by atoms with E-state index in [1.807, 2.05) is 29.9 Å². The van der Waals surface area contributed by atoms with Gasteiger partial charge in [0.05, 0.1) is 19.6 Å². The van der Waals surface area contributed by atoms with Crippen LogP contribution in [0.2, 0.25) is 5.02 Å². The fourth-order valence-corrected chi connectivity index (χ4v) is 2.53. The first-order valence-electron chi connectivity index (χ1n) is 6.77. The molecule has 0 atom stereocenters. The molecule has 1 aromatic carbocycles. The Kier molecular flexibility index (Phi) is 3.99. The van der Waals surface area contributed by atoms with E-state index in [-0.39, 0.29) is 13.2 Å². The van der Waals surface area contributed by atoms with Gasteiger partial charge in [0.25, 0.3) is 0 Å². The molecule has 0 radical (unpaired) electrons. The van der Waals surface area contributed by atoms with Crippen molar-refractivity contribution < 1.29 is 14.6 Å². The molecule has 0 aliphatic carbocycles. The Bertz CT molecular complexity index is 604. The predicted molar refractivity (Wildman–Crippen MR) is 78.0 cm³/mol. The van der Waals surface area contributed by atoms with Crippen molar-refractivity contribution in [2.24, 2.45) is 7.05 Å². The average Bonchev–Trinajstić information content (AvgIpc) is 2.88. The van der Waals surface area contributed by atoms with E-state index in [1.165, 1.54) is 0 Å². The molecule has 2 aromatic rings. The first-order chi connectivity index (χ1) is 10.1. The minimum Gasteiger partial charge on any atom is -0.388 e. The number of aryl methyl sites for hydroxylation is 1. The van der Waals surface area contributed by atoms with Crippen molar-refractivity contribution in [3.8, 4) is 0 Å². The van der Waals surface area contributed by atoms with Crippen LogP contribution in [0.25, 0.3) is 0 Å². The van der Waals surface area contributed by atoms with E-state index in [0.717, 1.165) is 11.4 Å². The molecule has 21 heavy (non-hydrogen) atoms. The van der Waals surface area contributed by atoms with Crippen LogP contribution in [0, 0.1) is 0 Å². The van der Waals surface area contributed by atoms with E-state index in [4.69, 9.17) is 21.1 Å². The first kappa shape index (κ1) is 14.5. The second-order valence-electron chi connectivity index (χ2n) is 5.17. The highest BCUT2D eigenvalue weighted by molar-refractivity contribution is 6.30. The van der Waals surface area contributed by atoms with E-state index >= 15 is 0 Å². The van der Waals surface area contributed by atoms with Gasteiger partial charge in [0, 0.05) is 30.0 Å². The largest absolute Gasteiger partial charge is 0.388 e. The summed E-state index contributed by atoms with van der Waals surface area (Å²) in [6.07, 6.45) is 3.47. The van der Waals surface area contributed by atoms with E-state index in [0.29, 0.717) is 11.4 Å². The molecule has 0 spiro atoms. The number of aromatic nitrogens is 2. The van der Waals surface area contributed by atoms with Gasteiger partial charge in [-0.25, -0.2) is 4.98 Å². The minimum absolute atomic E-state index is 0.229. The molecule has 2 heterocycles. The number of hydrogen-bond acceptors (Lipinski definition) is 4. The molecule has 1 saturated heterocycles. The van der Waals surface area contributed by atoms with Gasteiger partial charge < -0.3 is 19.1 Å². The molecule has 0 unspecified atom stereocenters. The van der Waals surface area contributed by atoms with Crippen LogP contribution in [0.5, 0.6) is 0 Å². The van der Waals surface area contributed by atoms with E-state index in [2.05, 4.69) is 4.98 Å².